The standard InChI is InChI=1S/C25H27FN2O5/c1-32-20-9-5-18(6-10-20)23(29)21-22(17-3-7-19(26)8-4-17)28(25(31)24(21)30)12-2-11-27-13-15-33-16-14-27/h3-10,22,29H,2,11-16H2,1H3/b23-21+/t22-/m1/s1. The number of halogens is 1. The minimum Gasteiger partial charge on any atom is -0.507 e. The van der Waals surface area contributed by atoms with Crippen molar-refractivity contribution in [3.8, 4) is 5.75 Å². The highest BCUT2D eigenvalue weighted by Crippen LogP contribution is 2.39. The Morgan fingerprint density at radius 1 is 1.06 bits per heavy atom. The molecule has 2 aromatic carbocycles. The summed E-state index contributed by atoms with van der Waals surface area (Å²) in [5.41, 5.74) is 0.967. The van der Waals surface area contributed by atoms with Crippen molar-refractivity contribution >= 4 is 17.4 Å². The van der Waals surface area contributed by atoms with Crippen molar-refractivity contribution in [3.63, 3.8) is 0 Å². The first-order valence-corrected chi connectivity index (χ1v) is 11.0. The van der Waals surface area contributed by atoms with Gasteiger partial charge in [-0.25, -0.2) is 4.39 Å². The highest BCUT2D eigenvalue weighted by Gasteiger charge is 2.45. The molecule has 2 heterocycles. The van der Waals surface area contributed by atoms with Gasteiger partial charge in [0, 0.05) is 31.7 Å². The number of carbonyl (C=O) groups is 2. The Morgan fingerprint density at radius 2 is 1.73 bits per heavy atom. The summed E-state index contributed by atoms with van der Waals surface area (Å²) >= 11 is 0. The number of nitrogens with zero attached hydrogens (tertiary/aromatic N) is 2. The molecule has 0 aromatic heterocycles. The fourth-order valence-electron chi connectivity index (χ4n) is 4.30. The average Bonchev–Trinajstić information content (AvgIpc) is 3.10. The van der Waals surface area contributed by atoms with Crippen molar-refractivity contribution in [2.24, 2.45) is 0 Å². The van der Waals surface area contributed by atoms with Gasteiger partial charge in [-0.2, -0.15) is 0 Å². The van der Waals surface area contributed by atoms with E-state index in [1.807, 2.05) is 0 Å². The second kappa shape index (κ2) is 10.1. The van der Waals surface area contributed by atoms with Gasteiger partial charge in [-0.05, 0) is 48.4 Å². The number of hydrogen-bond donors (Lipinski definition) is 1. The Labute approximate surface area is 192 Å². The number of amides is 1. The van der Waals surface area contributed by atoms with E-state index in [2.05, 4.69) is 4.90 Å². The topological polar surface area (TPSA) is 79.3 Å². The molecule has 174 valence electrons. The maximum Gasteiger partial charge on any atom is 0.295 e. The van der Waals surface area contributed by atoms with Crippen LogP contribution in [0.25, 0.3) is 5.76 Å². The third kappa shape index (κ3) is 4.91. The minimum absolute atomic E-state index is 0.00291. The summed E-state index contributed by atoms with van der Waals surface area (Å²) in [6.45, 7) is 4.13. The van der Waals surface area contributed by atoms with Crippen LogP contribution in [0.4, 0.5) is 4.39 Å². The van der Waals surface area contributed by atoms with Crippen LogP contribution in [-0.2, 0) is 14.3 Å². The summed E-state index contributed by atoms with van der Waals surface area (Å²) in [4.78, 5) is 29.8. The molecule has 1 N–H and O–H groups in total. The molecule has 0 saturated carbocycles. The predicted octanol–water partition coefficient (Wildman–Crippen LogP) is 2.98. The lowest BCUT2D eigenvalue weighted by Gasteiger charge is -2.29. The van der Waals surface area contributed by atoms with Crippen LogP contribution in [0.5, 0.6) is 5.75 Å². The first kappa shape index (κ1) is 22.9. The molecule has 0 spiro atoms. The van der Waals surface area contributed by atoms with Gasteiger partial charge in [-0.1, -0.05) is 12.1 Å². The Bertz CT molecular complexity index is 1030. The molecular weight excluding hydrogens is 427 g/mol. The number of carbonyl (C=O) groups excluding carboxylic acids is 2. The van der Waals surface area contributed by atoms with Gasteiger partial charge >= 0.3 is 0 Å². The zero-order valence-corrected chi connectivity index (χ0v) is 18.5. The number of aliphatic hydroxyl groups is 1. The molecule has 0 unspecified atom stereocenters. The molecule has 2 aliphatic rings. The van der Waals surface area contributed by atoms with Crippen molar-refractivity contribution in [3.05, 3.63) is 71.0 Å². The number of benzene rings is 2. The molecule has 2 aliphatic heterocycles. The lowest BCUT2D eigenvalue weighted by Crippen LogP contribution is -2.38. The van der Waals surface area contributed by atoms with Gasteiger partial charge in [0.2, 0.25) is 0 Å². The number of likely N-dealkylation sites (tertiary alicyclic amines) is 1. The van der Waals surface area contributed by atoms with Crippen LogP contribution in [0, 0.1) is 5.82 Å². The third-order valence-corrected chi connectivity index (χ3v) is 6.07. The highest BCUT2D eigenvalue weighted by molar-refractivity contribution is 6.46. The molecule has 0 aliphatic carbocycles. The summed E-state index contributed by atoms with van der Waals surface area (Å²) < 4.78 is 24.1. The molecule has 2 saturated heterocycles. The van der Waals surface area contributed by atoms with Crippen molar-refractivity contribution < 1.29 is 28.6 Å². The Morgan fingerprint density at radius 3 is 2.36 bits per heavy atom. The Balaban J connectivity index is 1.65. The van der Waals surface area contributed by atoms with Crippen LogP contribution in [0.3, 0.4) is 0 Å². The smallest absolute Gasteiger partial charge is 0.295 e. The number of Topliss-reactive ketones (excluding diaryl/α,β-unsaturated/α-hetero) is 1. The van der Waals surface area contributed by atoms with Crippen molar-refractivity contribution in [2.75, 3.05) is 46.5 Å². The van der Waals surface area contributed by atoms with Gasteiger partial charge in [0.25, 0.3) is 11.7 Å². The molecule has 0 bridgehead atoms. The summed E-state index contributed by atoms with van der Waals surface area (Å²) in [5.74, 6) is -1.49. The molecular formula is C25H27FN2O5. The highest BCUT2D eigenvalue weighted by atomic mass is 19.1. The van der Waals surface area contributed by atoms with E-state index in [-0.39, 0.29) is 11.3 Å². The number of ketones is 1. The van der Waals surface area contributed by atoms with Crippen molar-refractivity contribution in [1.82, 2.24) is 9.80 Å². The number of aliphatic hydroxyl groups excluding tert-OH is 1. The molecule has 2 aromatic rings. The van der Waals surface area contributed by atoms with Crippen LogP contribution in [-0.4, -0.2) is 73.1 Å². The van der Waals surface area contributed by atoms with Crippen LogP contribution < -0.4 is 4.74 Å². The van der Waals surface area contributed by atoms with E-state index in [0.717, 1.165) is 19.6 Å². The van der Waals surface area contributed by atoms with Crippen molar-refractivity contribution in [2.45, 2.75) is 12.5 Å². The first-order chi connectivity index (χ1) is 16.0. The van der Waals surface area contributed by atoms with Crippen LogP contribution in [0.1, 0.15) is 23.6 Å². The van der Waals surface area contributed by atoms with E-state index in [0.29, 0.717) is 43.1 Å². The van der Waals surface area contributed by atoms with Gasteiger partial charge < -0.3 is 19.5 Å². The Hall–Kier alpha value is -3.23. The number of rotatable bonds is 7. The molecule has 1 atom stereocenters. The van der Waals surface area contributed by atoms with Gasteiger partial charge in [0.05, 0.1) is 31.9 Å². The van der Waals surface area contributed by atoms with E-state index >= 15 is 0 Å². The lowest BCUT2D eigenvalue weighted by atomic mass is 9.95. The molecule has 8 heteroatoms. The largest absolute Gasteiger partial charge is 0.507 e. The van der Waals surface area contributed by atoms with E-state index in [1.165, 1.54) is 24.1 Å². The predicted molar refractivity (Wildman–Crippen MR) is 120 cm³/mol. The van der Waals surface area contributed by atoms with E-state index in [1.54, 1.807) is 36.4 Å². The maximum atomic E-state index is 13.6. The average molecular weight is 454 g/mol. The number of hydrogen-bond acceptors (Lipinski definition) is 6. The number of ether oxygens (including phenoxy) is 2. The fourth-order valence-corrected chi connectivity index (χ4v) is 4.30. The van der Waals surface area contributed by atoms with Crippen molar-refractivity contribution in [1.29, 1.82) is 0 Å². The molecule has 4 rings (SSSR count). The van der Waals surface area contributed by atoms with Crippen LogP contribution in [0.2, 0.25) is 0 Å². The second-order valence-electron chi connectivity index (χ2n) is 8.08. The normalized spacial score (nSPS) is 20.9. The van der Waals surface area contributed by atoms with E-state index in [4.69, 9.17) is 9.47 Å². The summed E-state index contributed by atoms with van der Waals surface area (Å²) in [5, 5.41) is 11.0. The fraction of sp³-hybridized carbons (Fsp3) is 0.360. The van der Waals surface area contributed by atoms with Gasteiger partial charge in [0.1, 0.15) is 17.3 Å². The molecule has 2 fully saturated rings. The van der Waals surface area contributed by atoms with Gasteiger partial charge in [0.15, 0.2) is 0 Å². The Kier molecular flexibility index (Phi) is 7.05. The monoisotopic (exact) mass is 454 g/mol. The molecule has 33 heavy (non-hydrogen) atoms. The SMILES string of the molecule is COc1ccc(/C(O)=C2\C(=O)C(=O)N(CCCN3CCOCC3)[C@@H]2c2ccc(F)cc2)cc1. The van der Waals surface area contributed by atoms with E-state index < -0.39 is 23.5 Å². The summed E-state index contributed by atoms with van der Waals surface area (Å²) in [6.07, 6.45) is 0.660. The summed E-state index contributed by atoms with van der Waals surface area (Å²) in [7, 11) is 1.53. The van der Waals surface area contributed by atoms with E-state index in [9.17, 15) is 19.1 Å². The second-order valence-corrected chi connectivity index (χ2v) is 8.08. The molecule has 7 nitrogen and oxygen atoms in total. The third-order valence-electron chi connectivity index (χ3n) is 6.07. The quantitative estimate of drug-likeness (QED) is 0.394. The molecule has 1 amide bonds. The number of morpholine rings is 1. The number of methoxy groups -OCH3 is 1. The van der Waals surface area contributed by atoms with Gasteiger partial charge in [-0.3, -0.25) is 14.5 Å². The van der Waals surface area contributed by atoms with Gasteiger partial charge in [-0.15, -0.1) is 0 Å². The zero-order valence-electron chi connectivity index (χ0n) is 18.5. The molecule has 0 radical (unpaired) electrons. The van der Waals surface area contributed by atoms with Crippen LogP contribution >= 0.6 is 0 Å². The zero-order chi connectivity index (χ0) is 23.4. The van der Waals surface area contributed by atoms with Crippen LogP contribution in [0.15, 0.2) is 54.1 Å². The lowest BCUT2D eigenvalue weighted by molar-refractivity contribution is -0.140. The first-order valence-electron chi connectivity index (χ1n) is 11.0. The maximum absolute atomic E-state index is 13.6. The minimum atomic E-state index is -0.794. The summed E-state index contributed by atoms with van der Waals surface area (Å²) in [6, 6.07) is 11.5.